The molecule has 13 heteroatoms. The van der Waals surface area contributed by atoms with Crippen LogP contribution in [0.25, 0.3) is 5.65 Å². The normalized spacial score (nSPS) is 17.9. The first kappa shape index (κ1) is 27.8. The highest BCUT2D eigenvalue weighted by Gasteiger charge is 2.37. The van der Waals surface area contributed by atoms with Crippen LogP contribution < -0.4 is 10.2 Å². The summed E-state index contributed by atoms with van der Waals surface area (Å²) in [4.78, 5) is 33.9. The number of benzene rings is 1. The van der Waals surface area contributed by atoms with Crippen LogP contribution in [-0.2, 0) is 6.54 Å². The molecule has 2 atom stereocenters. The molecule has 214 valence electrons. The van der Waals surface area contributed by atoms with E-state index in [1.165, 1.54) is 29.5 Å². The zero-order valence-electron chi connectivity index (χ0n) is 22.1. The number of aliphatic hydroxyl groups excluding tert-OH is 1. The van der Waals surface area contributed by atoms with Crippen LogP contribution in [0.3, 0.4) is 0 Å². The Morgan fingerprint density at radius 1 is 1.23 bits per heavy atom. The molecule has 4 heterocycles. The highest BCUT2D eigenvalue weighted by atomic mass is 19.3. The van der Waals surface area contributed by atoms with Crippen LogP contribution in [0.5, 0.6) is 0 Å². The molecular formula is C27H31F3N6O4. The lowest BCUT2D eigenvalue weighted by molar-refractivity contribution is -0.0441. The van der Waals surface area contributed by atoms with Crippen LogP contribution in [0.15, 0.2) is 36.8 Å². The number of anilines is 2. The van der Waals surface area contributed by atoms with Gasteiger partial charge in [-0.05, 0) is 56.4 Å². The summed E-state index contributed by atoms with van der Waals surface area (Å²) in [7, 11) is 0. The highest BCUT2D eigenvalue weighted by molar-refractivity contribution is 6.10. The first-order valence-corrected chi connectivity index (χ1v) is 13.1. The monoisotopic (exact) mass is 560 g/mol. The average Bonchev–Trinajstić information content (AvgIpc) is 3.48. The summed E-state index contributed by atoms with van der Waals surface area (Å²) in [6.45, 7) is 3.09. The SMILES string of the molecule is CC(C)(O)C(F)CN1Cc2cc(NC(=O)c3cnn4cccnc34)c(N3CCC([C@@H](O)C(F)F)CC3)cc2C1=O. The van der Waals surface area contributed by atoms with Gasteiger partial charge in [0.2, 0.25) is 0 Å². The fraction of sp³-hybridized carbons (Fsp3) is 0.481. The summed E-state index contributed by atoms with van der Waals surface area (Å²) < 4.78 is 42.2. The number of carbonyl (C=O) groups is 2. The molecule has 1 fully saturated rings. The predicted molar refractivity (Wildman–Crippen MR) is 140 cm³/mol. The predicted octanol–water partition coefficient (Wildman–Crippen LogP) is 2.89. The van der Waals surface area contributed by atoms with Crippen molar-refractivity contribution in [1.29, 1.82) is 0 Å². The van der Waals surface area contributed by atoms with Crippen LogP contribution in [0.4, 0.5) is 24.5 Å². The first-order chi connectivity index (χ1) is 18.9. The minimum atomic E-state index is -2.84. The molecule has 2 aliphatic heterocycles. The molecule has 0 radical (unpaired) electrons. The van der Waals surface area contributed by atoms with Gasteiger partial charge in [0, 0.05) is 37.6 Å². The van der Waals surface area contributed by atoms with Gasteiger partial charge in [-0.15, -0.1) is 0 Å². The Kier molecular flexibility index (Phi) is 7.44. The first-order valence-electron chi connectivity index (χ1n) is 13.1. The molecule has 40 heavy (non-hydrogen) atoms. The molecule has 3 N–H and O–H groups in total. The van der Waals surface area contributed by atoms with E-state index in [9.17, 15) is 33.0 Å². The maximum Gasteiger partial charge on any atom is 0.264 e. The third kappa shape index (κ3) is 5.35. The summed E-state index contributed by atoms with van der Waals surface area (Å²) in [5.74, 6) is -1.46. The van der Waals surface area contributed by atoms with Gasteiger partial charge >= 0.3 is 0 Å². The Morgan fingerprint density at radius 3 is 2.62 bits per heavy atom. The van der Waals surface area contributed by atoms with Gasteiger partial charge in [0.1, 0.15) is 17.8 Å². The van der Waals surface area contributed by atoms with Crippen molar-refractivity contribution in [2.24, 2.45) is 5.92 Å². The molecule has 0 saturated carbocycles. The van der Waals surface area contributed by atoms with Gasteiger partial charge in [-0.2, -0.15) is 5.10 Å². The van der Waals surface area contributed by atoms with Crippen molar-refractivity contribution in [3.05, 3.63) is 53.5 Å². The molecule has 10 nitrogen and oxygen atoms in total. The van der Waals surface area contributed by atoms with Crippen molar-refractivity contribution in [1.82, 2.24) is 19.5 Å². The smallest absolute Gasteiger partial charge is 0.264 e. The van der Waals surface area contributed by atoms with E-state index in [-0.39, 0.29) is 18.7 Å². The number of amides is 2. The molecule has 2 aliphatic rings. The third-order valence-corrected chi connectivity index (χ3v) is 7.64. The molecule has 2 amide bonds. The van der Waals surface area contributed by atoms with E-state index in [4.69, 9.17) is 0 Å². The van der Waals surface area contributed by atoms with Gasteiger partial charge in [-0.3, -0.25) is 9.59 Å². The maximum atomic E-state index is 14.6. The van der Waals surface area contributed by atoms with Crippen LogP contribution in [0, 0.1) is 5.92 Å². The van der Waals surface area contributed by atoms with E-state index in [1.807, 2.05) is 4.90 Å². The lowest BCUT2D eigenvalue weighted by Gasteiger charge is -2.36. The van der Waals surface area contributed by atoms with Crippen molar-refractivity contribution < 1.29 is 33.0 Å². The Hall–Kier alpha value is -3.71. The van der Waals surface area contributed by atoms with E-state index in [2.05, 4.69) is 15.4 Å². The molecule has 3 aromatic rings. The number of halogens is 3. The molecule has 0 aliphatic carbocycles. The van der Waals surface area contributed by atoms with Gasteiger partial charge in [0.25, 0.3) is 18.2 Å². The fourth-order valence-corrected chi connectivity index (χ4v) is 5.20. The van der Waals surface area contributed by atoms with E-state index in [0.717, 1.165) is 0 Å². The van der Waals surface area contributed by atoms with Crippen molar-refractivity contribution >= 4 is 28.8 Å². The minimum Gasteiger partial charge on any atom is -0.387 e. The van der Waals surface area contributed by atoms with Crippen molar-refractivity contribution in [2.45, 2.75) is 57.5 Å². The molecule has 5 rings (SSSR count). The van der Waals surface area contributed by atoms with Crippen LogP contribution in [0.2, 0.25) is 0 Å². The zero-order chi connectivity index (χ0) is 28.8. The molecule has 1 unspecified atom stereocenters. The number of fused-ring (bicyclic) bond motifs is 2. The maximum absolute atomic E-state index is 14.6. The lowest BCUT2D eigenvalue weighted by Crippen LogP contribution is -2.42. The quantitative estimate of drug-likeness (QED) is 0.387. The van der Waals surface area contributed by atoms with Crippen molar-refractivity contribution in [3.63, 3.8) is 0 Å². The Morgan fingerprint density at radius 2 is 1.95 bits per heavy atom. The number of carbonyl (C=O) groups excluding carboxylic acids is 2. The van der Waals surface area contributed by atoms with Crippen LogP contribution in [0.1, 0.15) is 53.0 Å². The van der Waals surface area contributed by atoms with E-state index in [1.54, 1.807) is 30.6 Å². The third-order valence-electron chi connectivity index (χ3n) is 7.64. The summed E-state index contributed by atoms with van der Waals surface area (Å²) >= 11 is 0. The van der Waals surface area contributed by atoms with Gasteiger partial charge in [-0.1, -0.05) is 0 Å². The molecule has 0 bridgehead atoms. The Bertz CT molecular complexity index is 1420. The molecule has 1 aromatic carbocycles. The number of nitrogens with one attached hydrogen (secondary N) is 1. The number of alkyl halides is 3. The van der Waals surface area contributed by atoms with E-state index < -0.39 is 42.0 Å². The van der Waals surface area contributed by atoms with E-state index in [0.29, 0.717) is 54.1 Å². The largest absolute Gasteiger partial charge is 0.387 e. The Labute approximate surface area is 228 Å². The van der Waals surface area contributed by atoms with Crippen molar-refractivity contribution in [3.8, 4) is 0 Å². The number of piperidine rings is 1. The number of hydrogen-bond acceptors (Lipinski definition) is 7. The Balaban J connectivity index is 1.45. The molecule has 2 aromatic heterocycles. The minimum absolute atomic E-state index is 0.0920. The molecule has 1 saturated heterocycles. The number of hydrogen-bond donors (Lipinski definition) is 3. The molecule has 0 spiro atoms. The standard InChI is InChI=1S/C27H31F3N6O4/c1-27(2,40)21(28)14-35-13-16-10-19(33-25(38)18-12-32-36-7-3-6-31-24(18)36)20(11-17(16)26(35)39)34-8-4-15(5-9-34)22(37)23(29)30/h3,6-7,10-12,15,21-23,37,40H,4-5,8-9,13-14H2,1-2H3,(H,33,38)/t21?,22-/m1/s1. The summed E-state index contributed by atoms with van der Waals surface area (Å²) in [6, 6.07) is 4.97. The van der Waals surface area contributed by atoms with Gasteiger partial charge in [0.15, 0.2) is 5.65 Å². The molecular weight excluding hydrogens is 529 g/mol. The van der Waals surface area contributed by atoms with Crippen LogP contribution >= 0.6 is 0 Å². The summed E-state index contributed by atoms with van der Waals surface area (Å²) in [5, 5.41) is 26.9. The highest BCUT2D eigenvalue weighted by Crippen LogP contribution is 2.38. The van der Waals surface area contributed by atoms with Gasteiger partial charge < -0.3 is 25.3 Å². The summed E-state index contributed by atoms with van der Waals surface area (Å²) in [5.41, 5.74) is 0.767. The summed E-state index contributed by atoms with van der Waals surface area (Å²) in [6.07, 6.45) is -1.05. The second-order valence-corrected chi connectivity index (χ2v) is 10.9. The second-order valence-electron chi connectivity index (χ2n) is 10.9. The topological polar surface area (TPSA) is 123 Å². The van der Waals surface area contributed by atoms with E-state index >= 15 is 0 Å². The van der Waals surface area contributed by atoms with Gasteiger partial charge in [-0.25, -0.2) is 22.7 Å². The number of aromatic nitrogens is 3. The zero-order valence-corrected chi connectivity index (χ0v) is 22.1. The number of aliphatic hydroxyl groups is 2. The second kappa shape index (κ2) is 10.7. The number of rotatable bonds is 8. The van der Waals surface area contributed by atoms with Crippen molar-refractivity contribution in [2.75, 3.05) is 29.9 Å². The number of nitrogens with zero attached hydrogens (tertiary/aromatic N) is 5. The lowest BCUT2D eigenvalue weighted by atomic mass is 9.91. The van der Waals surface area contributed by atoms with Gasteiger partial charge in [0.05, 0.1) is 29.7 Å². The van der Waals surface area contributed by atoms with Crippen LogP contribution in [-0.4, -0.2) is 85.5 Å². The fourth-order valence-electron chi connectivity index (χ4n) is 5.20. The average molecular weight is 561 g/mol.